The Morgan fingerprint density at radius 1 is 1.25 bits per heavy atom. The second-order valence-electron chi connectivity index (χ2n) is 3.93. The summed E-state index contributed by atoms with van der Waals surface area (Å²) >= 11 is 0. The summed E-state index contributed by atoms with van der Waals surface area (Å²) in [5, 5.41) is 3.46. The lowest BCUT2D eigenvalue weighted by Crippen LogP contribution is -2.31. The topological polar surface area (TPSA) is 64.7 Å². The molecule has 0 aromatic carbocycles. The van der Waals surface area contributed by atoms with Gasteiger partial charge >= 0.3 is 0 Å². The third kappa shape index (κ3) is 1.12. The third-order valence-electron chi connectivity index (χ3n) is 1.97. The maximum absolute atomic E-state index is 11.5. The molecule has 4 nitrogen and oxygen atoms in total. The molecule has 1 aliphatic heterocycles. The molecule has 0 amide bonds. The monoisotopic (exact) mass is 170 g/mol. The third-order valence-corrected chi connectivity index (χ3v) is 1.97. The average molecular weight is 170 g/mol. The lowest BCUT2D eigenvalue weighted by Gasteiger charge is -2.20. The van der Waals surface area contributed by atoms with Gasteiger partial charge in [-0.2, -0.15) is 5.10 Å². The fraction of sp³-hybridized carbons (Fsp3) is 0.750. The summed E-state index contributed by atoms with van der Waals surface area (Å²) in [6, 6.07) is 0. The Labute approximate surface area is 71.8 Å². The van der Waals surface area contributed by atoms with E-state index in [0.717, 1.165) is 0 Å². The van der Waals surface area contributed by atoms with Gasteiger partial charge in [0.1, 0.15) is 16.9 Å². The largest absolute Gasteiger partial charge is 0.355 e. The van der Waals surface area contributed by atoms with Crippen LogP contribution in [0.25, 0.3) is 0 Å². The molecule has 1 fully saturated rings. The minimum atomic E-state index is -0.790. The highest BCUT2D eigenvalue weighted by Crippen LogP contribution is 2.31. The molecular weight excluding hydrogens is 156 g/mol. The van der Waals surface area contributed by atoms with Gasteiger partial charge in [0.05, 0.1) is 0 Å². The fourth-order valence-corrected chi connectivity index (χ4v) is 1.51. The van der Waals surface area contributed by atoms with Crippen LogP contribution in [-0.4, -0.2) is 22.7 Å². The summed E-state index contributed by atoms with van der Waals surface area (Å²) in [7, 11) is 0. The van der Waals surface area contributed by atoms with Crippen LogP contribution >= 0.6 is 0 Å². The van der Waals surface area contributed by atoms with E-state index in [2.05, 4.69) is 5.10 Å². The van der Waals surface area contributed by atoms with Crippen LogP contribution in [0, 0.1) is 0 Å². The van der Waals surface area contributed by atoms with Crippen molar-refractivity contribution in [1.82, 2.24) is 0 Å². The summed E-state index contributed by atoms with van der Waals surface area (Å²) in [5.41, 5.74) is -1.13. The molecule has 0 aromatic heterocycles. The Kier molecular flexibility index (Phi) is 1.76. The Morgan fingerprint density at radius 2 is 1.75 bits per heavy atom. The highest BCUT2D eigenvalue weighted by molar-refractivity contribution is 6.46. The van der Waals surface area contributed by atoms with E-state index in [1.807, 2.05) is 0 Å². The molecule has 0 atom stereocenters. The number of nitrogens with two attached hydrogens (primary N) is 1. The van der Waals surface area contributed by atoms with Crippen LogP contribution < -0.4 is 5.84 Å². The van der Waals surface area contributed by atoms with E-state index in [1.54, 1.807) is 27.7 Å². The summed E-state index contributed by atoms with van der Waals surface area (Å²) in [6.45, 7) is 7.00. The average Bonchev–Trinajstić information content (AvgIpc) is 1.98. The number of ether oxygens (including phenoxy) is 1. The van der Waals surface area contributed by atoms with Crippen LogP contribution in [0.15, 0.2) is 5.10 Å². The molecule has 0 radical (unpaired) electrons. The van der Waals surface area contributed by atoms with Gasteiger partial charge in [0.2, 0.25) is 5.78 Å². The zero-order valence-electron chi connectivity index (χ0n) is 7.84. The standard InChI is InChI=1S/C8H14N2O2/c1-7(2)5(10-9)6(11)8(3,4)12-7/h9H2,1-4H3/b10-5-. The minimum absolute atomic E-state index is 0.130. The van der Waals surface area contributed by atoms with Gasteiger partial charge in [-0.3, -0.25) is 4.79 Å². The zero-order valence-corrected chi connectivity index (χ0v) is 7.84. The van der Waals surface area contributed by atoms with Gasteiger partial charge in [0, 0.05) is 0 Å². The molecule has 0 aliphatic carbocycles. The highest BCUT2D eigenvalue weighted by atomic mass is 16.5. The number of rotatable bonds is 0. The van der Waals surface area contributed by atoms with Gasteiger partial charge in [-0.1, -0.05) is 0 Å². The first kappa shape index (κ1) is 9.19. The number of Topliss-reactive ketones (excluding diaryl/α,β-unsaturated/α-hetero) is 1. The molecule has 0 saturated carbocycles. The first-order valence-electron chi connectivity index (χ1n) is 3.84. The van der Waals surface area contributed by atoms with E-state index in [9.17, 15) is 4.79 Å². The number of nitrogens with zero attached hydrogens (tertiary/aromatic N) is 1. The maximum Gasteiger partial charge on any atom is 0.212 e. The first-order chi connectivity index (χ1) is 5.31. The molecule has 68 valence electrons. The van der Waals surface area contributed by atoms with Crippen LogP contribution in [0.4, 0.5) is 0 Å². The Bertz CT molecular complexity index is 254. The van der Waals surface area contributed by atoms with E-state index >= 15 is 0 Å². The molecule has 4 heteroatoms. The molecule has 0 spiro atoms. The van der Waals surface area contributed by atoms with Gasteiger partial charge in [0.15, 0.2) is 0 Å². The van der Waals surface area contributed by atoms with Crippen LogP contribution in [0.3, 0.4) is 0 Å². The van der Waals surface area contributed by atoms with Crippen LogP contribution in [0.2, 0.25) is 0 Å². The molecule has 12 heavy (non-hydrogen) atoms. The van der Waals surface area contributed by atoms with E-state index in [4.69, 9.17) is 10.6 Å². The molecule has 1 heterocycles. The van der Waals surface area contributed by atoms with Crippen molar-refractivity contribution in [1.29, 1.82) is 0 Å². The zero-order chi connectivity index (χ0) is 9.57. The van der Waals surface area contributed by atoms with Crippen molar-refractivity contribution in [3.05, 3.63) is 0 Å². The van der Waals surface area contributed by atoms with E-state index in [1.165, 1.54) is 0 Å². The summed E-state index contributed by atoms with van der Waals surface area (Å²) in [6.07, 6.45) is 0. The Morgan fingerprint density at radius 3 is 1.92 bits per heavy atom. The maximum atomic E-state index is 11.5. The number of carbonyl (C=O) groups is 1. The number of carbonyl (C=O) groups excluding carboxylic acids is 1. The van der Waals surface area contributed by atoms with Crippen molar-refractivity contribution in [2.45, 2.75) is 38.9 Å². The van der Waals surface area contributed by atoms with E-state index in [0.29, 0.717) is 5.71 Å². The normalized spacial score (nSPS) is 29.7. The molecule has 0 unspecified atom stereocenters. The molecule has 0 aromatic rings. The highest BCUT2D eigenvalue weighted by Gasteiger charge is 2.50. The molecule has 1 saturated heterocycles. The van der Waals surface area contributed by atoms with Gasteiger partial charge in [-0.05, 0) is 27.7 Å². The van der Waals surface area contributed by atoms with Gasteiger partial charge in [-0.15, -0.1) is 0 Å². The van der Waals surface area contributed by atoms with Crippen molar-refractivity contribution in [2.75, 3.05) is 0 Å². The molecule has 0 bridgehead atoms. The van der Waals surface area contributed by atoms with Crippen LogP contribution in [-0.2, 0) is 9.53 Å². The predicted octanol–water partition coefficient (Wildman–Crippen LogP) is 0.458. The Balaban J connectivity index is 3.14. The fourth-order valence-electron chi connectivity index (χ4n) is 1.51. The van der Waals surface area contributed by atoms with Crippen molar-refractivity contribution in [3.63, 3.8) is 0 Å². The number of hydrogen-bond acceptors (Lipinski definition) is 4. The number of hydrazone groups is 1. The first-order valence-corrected chi connectivity index (χ1v) is 3.84. The van der Waals surface area contributed by atoms with Crippen molar-refractivity contribution < 1.29 is 9.53 Å². The summed E-state index contributed by atoms with van der Waals surface area (Å²) in [5.74, 6) is 4.98. The van der Waals surface area contributed by atoms with Crippen LogP contribution in [0.5, 0.6) is 0 Å². The van der Waals surface area contributed by atoms with Gasteiger partial charge in [0.25, 0.3) is 0 Å². The number of ketones is 1. The Hall–Kier alpha value is -0.900. The molecule has 2 N–H and O–H groups in total. The quantitative estimate of drug-likeness (QED) is 0.424. The summed E-state index contributed by atoms with van der Waals surface area (Å²) in [4.78, 5) is 11.5. The number of hydrogen-bond donors (Lipinski definition) is 1. The van der Waals surface area contributed by atoms with E-state index < -0.39 is 11.2 Å². The van der Waals surface area contributed by atoms with Crippen molar-refractivity contribution >= 4 is 11.5 Å². The van der Waals surface area contributed by atoms with Crippen molar-refractivity contribution in [3.8, 4) is 0 Å². The molecular formula is C8H14N2O2. The van der Waals surface area contributed by atoms with E-state index in [-0.39, 0.29) is 5.78 Å². The molecule has 1 rings (SSSR count). The second-order valence-corrected chi connectivity index (χ2v) is 3.93. The second kappa shape index (κ2) is 2.29. The predicted molar refractivity (Wildman–Crippen MR) is 45.9 cm³/mol. The smallest absolute Gasteiger partial charge is 0.212 e. The van der Waals surface area contributed by atoms with Crippen molar-refractivity contribution in [2.24, 2.45) is 10.9 Å². The lowest BCUT2D eigenvalue weighted by molar-refractivity contribution is -0.131. The van der Waals surface area contributed by atoms with Gasteiger partial charge < -0.3 is 10.6 Å². The minimum Gasteiger partial charge on any atom is -0.355 e. The SMILES string of the molecule is CC1(C)OC(C)(C)/C(=N\N)C1=O. The summed E-state index contributed by atoms with van der Waals surface area (Å²) < 4.78 is 5.49. The lowest BCUT2D eigenvalue weighted by atomic mass is 9.97. The molecule has 1 aliphatic rings. The van der Waals surface area contributed by atoms with Gasteiger partial charge in [-0.25, -0.2) is 0 Å². The van der Waals surface area contributed by atoms with Crippen LogP contribution in [0.1, 0.15) is 27.7 Å².